The molecule has 2 aromatic heterocycles. The minimum absolute atomic E-state index is 0.281. The molecule has 1 aromatic carbocycles. The molecule has 0 radical (unpaired) electrons. The lowest BCUT2D eigenvalue weighted by Crippen LogP contribution is -2.09. The van der Waals surface area contributed by atoms with Crippen LogP contribution in [-0.2, 0) is 4.79 Å². The Hall–Kier alpha value is -2.62. The van der Waals surface area contributed by atoms with Gasteiger partial charge in [0.25, 0.3) is 0 Å². The number of carbonyl (C=O) groups excluding carboxylic acids is 1. The number of hydrogen-bond acceptors (Lipinski definition) is 3. The molecule has 0 aliphatic carbocycles. The van der Waals surface area contributed by atoms with Gasteiger partial charge in [-0.3, -0.25) is 9.20 Å². The van der Waals surface area contributed by atoms with Crippen LogP contribution in [0.5, 0.6) is 5.88 Å². The molecule has 24 heavy (non-hydrogen) atoms. The maximum Gasteiger partial charge on any atom is 0.309 e. The Labute approximate surface area is 142 Å². The lowest BCUT2D eigenvalue weighted by atomic mass is 10.0. The summed E-state index contributed by atoms with van der Waals surface area (Å²) >= 11 is 0. The van der Waals surface area contributed by atoms with Gasteiger partial charge in [0, 0.05) is 18.2 Å². The molecule has 3 aromatic rings. The Morgan fingerprint density at radius 2 is 1.75 bits per heavy atom. The normalized spacial score (nSPS) is 11.2. The highest BCUT2D eigenvalue weighted by Crippen LogP contribution is 2.34. The van der Waals surface area contributed by atoms with Gasteiger partial charge in [-0.05, 0) is 31.4 Å². The molecule has 0 atom stereocenters. The number of fused-ring (bicyclic) bond motifs is 1. The number of ether oxygens (including phenoxy) is 1. The molecule has 0 saturated heterocycles. The molecule has 0 unspecified atom stereocenters. The second kappa shape index (κ2) is 6.11. The van der Waals surface area contributed by atoms with Crippen molar-refractivity contribution < 1.29 is 9.53 Å². The summed E-state index contributed by atoms with van der Waals surface area (Å²) in [5.41, 5.74) is 5.85. The molecule has 4 nitrogen and oxygen atoms in total. The summed E-state index contributed by atoms with van der Waals surface area (Å²) in [5, 5.41) is 0. The molecule has 0 aliphatic rings. The van der Waals surface area contributed by atoms with Crippen LogP contribution in [0.25, 0.3) is 16.9 Å². The number of imidazole rings is 1. The lowest BCUT2D eigenvalue weighted by molar-refractivity contribution is -0.132. The van der Waals surface area contributed by atoms with E-state index in [0.29, 0.717) is 11.6 Å². The van der Waals surface area contributed by atoms with Gasteiger partial charge in [-0.25, -0.2) is 4.98 Å². The first-order valence-electron chi connectivity index (χ1n) is 8.16. The Bertz CT molecular complexity index is 906. The fourth-order valence-corrected chi connectivity index (χ4v) is 3.07. The molecule has 124 valence electrons. The molecule has 4 heteroatoms. The molecule has 0 aliphatic heterocycles. The van der Waals surface area contributed by atoms with E-state index in [-0.39, 0.29) is 11.9 Å². The summed E-state index contributed by atoms with van der Waals surface area (Å²) in [7, 11) is 0. The highest BCUT2D eigenvalue weighted by Gasteiger charge is 2.21. The van der Waals surface area contributed by atoms with Crippen LogP contribution in [0.15, 0.2) is 36.4 Å². The van der Waals surface area contributed by atoms with Gasteiger partial charge >= 0.3 is 5.97 Å². The van der Waals surface area contributed by atoms with Gasteiger partial charge in [-0.2, -0.15) is 0 Å². The molecule has 3 rings (SSSR count). The van der Waals surface area contributed by atoms with Crippen molar-refractivity contribution in [3.63, 3.8) is 0 Å². The third-order valence-corrected chi connectivity index (χ3v) is 4.10. The van der Waals surface area contributed by atoms with Gasteiger partial charge in [0.2, 0.25) is 5.88 Å². The number of esters is 1. The second-order valence-corrected chi connectivity index (χ2v) is 6.48. The molecule has 0 amide bonds. The zero-order valence-electron chi connectivity index (χ0n) is 14.8. The zero-order valence-corrected chi connectivity index (χ0v) is 14.8. The maximum atomic E-state index is 11.7. The molecular weight excluding hydrogens is 300 g/mol. The van der Waals surface area contributed by atoms with Gasteiger partial charge in [0.1, 0.15) is 11.3 Å². The topological polar surface area (TPSA) is 43.6 Å². The van der Waals surface area contributed by atoms with Crippen molar-refractivity contribution in [2.24, 2.45) is 0 Å². The summed E-state index contributed by atoms with van der Waals surface area (Å²) in [4.78, 5) is 16.4. The Morgan fingerprint density at radius 3 is 2.33 bits per heavy atom. The van der Waals surface area contributed by atoms with Crippen molar-refractivity contribution >= 4 is 11.6 Å². The fourth-order valence-electron chi connectivity index (χ4n) is 3.07. The van der Waals surface area contributed by atoms with Crippen LogP contribution in [0.4, 0.5) is 0 Å². The van der Waals surface area contributed by atoms with Crippen molar-refractivity contribution in [2.45, 2.75) is 40.5 Å². The average Bonchev–Trinajstić information content (AvgIpc) is 2.85. The standard InChI is InChI=1S/C20H22N2O2/c1-12(2)19-14(4)8-11-17-21-18(16-9-6-13(3)7-10-16)20(22(17)19)24-15(5)23/h6-12H,1-5H3. The third kappa shape index (κ3) is 2.80. The number of hydrogen-bond donors (Lipinski definition) is 0. The fraction of sp³-hybridized carbons (Fsp3) is 0.300. The predicted molar refractivity (Wildman–Crippen MR) is 95.5 cm³/mol. The van der Waals surface area contributed by atoms with Crippen LogP contribution in [0.1, 0.15) is 43.5 Å². The van der Waals surface area contributed by atoms with E-state index in [1.807, 2.05) is 41.7 Å². The summed E-state index contributed by atoms with van der Waals surface area (Å²) in [6.07, 6.45) is 0. The molecular formula is C20H22N2O2. The maximum absolute atomic E-state index is 11.7. The van der Waals surface area contributed by atoms with Gasteiger partial charge in [-0.15, -0.1) is 0 Å². The Kier molecular flexibility index (Phi) is 4.14. The number of benzene rings is 1. The first-order valence-corrected chi connectivity index (χ1v) is 8.16. The summed E-state index contributed by atoms with van der Waals surface area (Å²) < 4.78 is 7.56. The minimum Gasteiger partial charge on any atom is -0.407 e. The van der Waals surface area contributed by atoms with E-state index in [2.05, 4.69) is 26.8 Å². The van der Waals surface area contributed by atoms with Crippen LogP contribution in [-0.4, -0.2) is 15.4 Å². The Morgan fingerprint density at radius 1 is 1.08 bits per heavy atom. The highest BCUT2D eigenvalue weighted by molar-refractivity contribution is 5.76. The largest absolute Gasteiger partial charge is 0.407 e. The van der Waals surface area contributed by atoms with Gasteiger partial charge < -0.3 is 4.74 Å². The molecule has 0 bridgehead atoms. The van der Waals surface area contributed by atoms with E-state index in [1.54, 1.807) is 0 Å². The highest BCUT2D eigenvalue weighted by atomic mass is 16.5. The summed E-state index contributed by atoms with van der Waals surface area (Å²) in [6.45, 7) is 9.79. The first kappa shape index (κ1) is 16.2. The monoisotopic (exact) mass is 322 g/mol. The average molecular weight is 322 g/mol. The van der Waals surface area contributed by atoms with Crippen molar-refractivity contribution in [3.05, 3.63) is 53.2 Å². The predicted octanol–water partition coefficient (Wildman–Crippen LogP) is 4.67. The molecule has 0 fully saturated rings. The quantitative estimate of drug-likeness (QED) is 0.658. The van der Waals surface area contributed by atoms with Gasteiger partial charge in [0.15, 0.2) is 0 Å². The summed E-state index contributed by atoms with van der Waals surface area (Å²) in [5.74, 6) is 0.429. The van der Waals surface area contributed by atoms with Crippen LogP contribution < -0.4 is 4.74 Å². The van der Waals surface area contributed by atoms with Crippen LogP contribution in [0, 0.1) is 13.8 Å². The van der Waals surface area contributed by atoms with E-state index in [0.717, 1.165) is 22.5 Å². The van der Waals surface area contributed by atoms with Crippen LogP contribution in [0.2, 0.25) is 0 Å². The molecule has 0 N–H and O–H groups in total. The zero-order chi connectivity index (χ0) is 17.4. The van der Waals surface area contributed by atoms with Crippen LogP contribution in [0.3, 0.4) is 0 Å². The van der Waals surface area contributed by atoms with Crippen LogP contribution >= 0.6 is 0 Å². The minimum atomic E-state index is -0.346. The molecule has 2 heterocycles. The summed E-state index contributed by atoms with van der Waals surface area (Å²) in [6, 6.07) is 12.1. The van der Waals surface area contributed by atoms with Gasteiger partial charge in [-0.1, -0.05) is 49.7 Å². The number of aromatic nitrogens is 2. The second-order valence-electron chi connectivity index (χ2n) is 6.48. The van der Waals surface area contributed by atoms with Crippen molar-refractivity contribution in [1.29, 1.82) is 0 Å². The number of pyridine rings is 1. The molecule has 0 saturated carbocycles. The van der Waals surface area contributed by atoms with Crippen molar-refractivity contribution in [1.82, 2.24) is 9.38 Å². The number of nitrogens with zero attached hydrogens (tertiary/aromatic N) is 2. The van der Waals surface area contributed by atoms with E-state index in [4.69, 9.17) is 9.72 Å². The first-order chi connectivity index (χ1) is 11.4. The van der Waals surface area contributed by atoms with E-state index in [9.17, 15) is 4.79 Å². The lowest BCUT2D eigenvalue weighted by Gasteiger charge is -2.15. The smallest absolute Gasteiger partial charge is 0.309 e. The van der Waals surface area contributed by atoms with Crippen molar-refractivity contribution in [2.75, 3.05) is 0 Å². The Balaban J connectivity index is 2.35. The van der Waals surface area contributed by atoms with E-state index < -0.39 is 0 Å². The molecule has 0 spiro atoms. The van der Waals surface area contributed by atoms with Crippen molar-refractivity contribution in [3.8, 4) is 17.1 Å². The van der Waals surface area contributed by atoms with Gasteiger partial charge in [0.05, 0.1) is 0 Å². The van der Waals surface area contributed by atoms with E-state index >= 15 is 0 Å². The third-order valence-electron chi connectivity index (χ3n) is 4.10. The number of rotatable bonds is 3. The number of carbonyl (C=O) groups is 1. The van der Waals surface area contributed by atoms with E-state index in [1.165, 1.54) is 12.5 Å². The SMILES string of the molecule is CC(=O)Oc1c(-c2ccc(C)cc2)nc2ccc(C)c(C(C)C)n12. The number of aryl methyl sites for hydroxylation is 2.